The molecule has 3 aromatic rings. The van der Waals surface area contributed by atoms with E-state index in [4.69, 9.17) is 0 Å². The van der Waals surface area contributed by atoms with Crippen LogP contribution in [0.15, 0.2) is 48.5 Å². The Morgan fingerprint density at radius 3 is 2.77 bits per heavy atom. The molecule has 2 heterocycles. The second-order valence-corrected chi connectivity index (χ2v) is 8.55. The normalized spacial score (nSPS) is 18.4. The van der Waals surface area contributed by atoms with Crippen molar-refractivity contribution in [2.45, 2.75) is 38.6 Å². The number of aromatic nitrogens is 3. The molecule has 2 aliphatic rings. The number of carbonyl (C=O) groups excluding carboxylic acids is 2. The Balaban J connectivity index is 1.22. The minimum atomic E-state index is -0.355. The predicted octanol–water partition coefficient (Wildman–Crippen LogP) is 3.64. The highest BCUT2D eigenvalue weighted by Gasteiger charge is 2.34. The number of amides is 2. The second kappa shape index (κ2) is 7.98. The van der Waals surface area contributed by atoms with Crippen LogP contribution in [0.2, 0.25) is 0 Å². The quantitative estimate of drug-likeness (QED) is 0.643. The average Bonchev–Trinajstić information content (AvgIpc) is 3.38. The molecule has 2 fully saturated rings. The van der Waals surface area contributed by atoms with E-state index in [-0.39, 0.29) is 24.2 Å². The number of nitrogens with zero attached hydrogens (tertiary/aromatic N) is 3. The molecule has 1 aromatic heterocycles. The van der Waals surface area contributed by atoms with Crippen molar-refractivity contribution in [2.24, 2.45) is 5.92 Å². The number of rotatable bonds is 6. The van der Waals surface area contributed by atoms with Crippen molar-refractivity contribution in [2.75, 3.05) is 11.9 Å². The number of aryl methyl sites for hydroxylation is 1. The SMILES string of the molecule is Cc1ccc(CN2CC(C(=O)Nc3cccc(-c4n[nH]c(C5CC5)n4)c3)CC2=O)cc1. The molecule has 5 rings (SSSR count). The highest BCUT2D eigenvalue weighted by atomic mass is 16.2. The summed E-state index contributed by atoms with van der Waals surface area (Å²) < 4.78 is 0. The molecule has 2 aromatic carbocycles. The van der Waals surface area contributed by atoms with Crippen LogP contribution in [0.3, 0.4) is 0 Å². The molecular formula is C24H25N5O2. The summed E-state index contributed by atoms with van der Waals surface area (Å²) >= 11 is 0. The molecule has 1 aliphatic heterocycles. The fourth-order valence-corrected chi connectivity index (χ4v) is 3.94. The monoisotopic (exact) mass is 415 g/mol. The summed E-state index contributed by atoms with van der Waals surface area (Å²) in [4.78, 5) is 31.6. The van der Waals surface area contributed by atoms with Gasteiger partial charge < -0.3 is 10.2 Å². The van der Waals surface area contributed by atoms with E-state index in [1.807, 2.05) is 55.5 Å². The predicted molar refractivity (Wildman–Crippen MR) is 117 cm³/mol. The van der Waals surface area contributed by atoms with Crippen LogP contribution in [0.25, 0.3) is 11.4 Å². The van der Waals surface area contributed by atoms with E-state index < -0.39 is 0 Å². The minimum Gasteiger partial charge on any atom is -0.338 e. The first-order valence-corrected chi connectivity index (χ1v) is 10.7. The number of hydrogen-bond donors (Lipinski definition) is 2. The number of anilines is 1. The first-order valence-electron chi connectivity index (χ1n) is 10.7. The van der Waals surface area contributed by atoms with E-state index in [0.29, 0.717) is 30.5 Å². The third-order valence-electron chi connectivity index (χ3n) is 5.93. The van der Waals surface area contributed by atoms with Gasteiger partial charge in [-0.05, 0) is 37.5 Å². The minimum absolute atomic E-state index is 0.0165. The van der Waals surface area contributed by atoms with Crippen molar-refractivity contribution in [1.82, 2.24) is 20.1 Å². The summed E-state index contributed by atoms with van der Waals surface area (Å²) in [5, 5.41) is 10.3. The number of likely N-dealkylation sites (tertiary alicyclic amines) is 1. The topological polar surface area (TPSA) is 91.0 Å². The zero-order valence-corrected chi connectivity index (χ0v) is 17.5. The van der Waals surface area contributed by atoms with Crippen molar-refractivity contribution >= 4 is 17.5 Å². The van der Waals surface area contributed by atoms with Crippen LogP contribution in [-0.4, -0.2) is 38.4 Å². The molecule has 7 nitrogen and oxygen atoms in total. The third kappa shape index (κ3) is 4.35. The number of H-pyrrole nitrogens is 1. The van der Waals surface area contributed by atoms with Crippen molar-refractivity contribution in [1.29, 1.82) is 0 Å². The van der Waals surface area contributed by atoms with Gasteiger partial charge in [0.15, 0.2) is 5.82 Å². The van der Waals surface area contributed by atoms with E-state index in [1.165, 1.54) is 5.56 Å². The van der Waals surface area contributed by atoms with Gasteiger partial charge in [-0.3, -0.25) is 14.7 Å². The van der Waals surface area contributed by atoms with Crippen LogP contribution >= 0.6 is 0 Å². The third-order valence-corrected chi connectivity index (χ3v) is 5.93. The Bertz CT molecular complexity index is 1120. The van der Waals surface area contributed by atoms with Crippen molar-refractivity contribution in [3.8, 4) is 11.4 Å². The maximum absolute atomic E-state index is 12.8. The van der Waals surface area contributed by atoms with Crippen molar-refractivity contribution in [3.05, 3.63) is 65.5 Å². The Morgan fingerprint density at radius 2 is 2.00 bits per heavy atom. The zero-order chi connectivity index (χ0) is 21.4. The van der Waals surface area contributed by atoms with E-state index in [2.05, 4.69) is 20.5 Å². The molecule has 31 heavy (non-hydrogen) atoms. The number of nitrogens with one attached hydrogen (secondary N) is 2. The van der Waals surface area contributed by atoms with Gasteiger partial charge >= 0.3 is 0 Å². The second-order valence-electron chi connectivity index (χ2n) is 8.55. The Kier molecular flexibility index (Phi) is 5.02. The van der Waals surface area contributed by atoms with Crippen molar-refractivity contribution < 1.29 is 9.59 Å². The van der Waals surface area contributed by atoms with Gasteiger partial charge in [-0.2, -0.15) is 5.10 Å². The zero-order valence-electron chi connectivity index (χ0n) is 17.5. The lowest BCUT2D eigenvalue weighted by Crippen LogP contribution is -2.28. The highest BCUT2D eigenvalue weighted by Crippen LogP contribution is 2.38. The highest BCUT2D eigenvalue weighted by molar-refractivity contribution is 5.97. The molecule has 0 spiro atoms. The van der Waals surface area contributed by atoms with Gasteiger partial charge in [0, 0.05) is 36.7 Å². The van der Waals surface area contributed by atoms with Gasteiger partial charge in [-0.1, -0.05) is 42.0 Å². The number of benzene rings is 2. The Labute approximate surface area is 180 Å². The van der Waals surface area contributed by atoms with E-state index in [9.17, 15) is 9.59 Å². The lowest BCUT2D eigenvalue weighted by atomic mass is 10.1. The molecule has 158 valence electrons. The summed E-state index contributed by atoms with van der Waals surface area (Å²) in [7, 11) is 0. The standard InChI is InChI=1S/C24H25N5O2/c1-15-5-7-16(8-6-15)13-29-14-19(12-21(29)30)24(31)25-20-4-2-3-18(11-20)23-26-22(27-28-23)17-9-10-17/h2-8,11,17,19H,9-10,12-14H2,1H3,(H,25,31)(H,26,27,28). The lowest BCUT2D eigenvalue weighted by Gasteiger charge is -2.17. The molecule has 1 aliphatic carbocycles. The maximum atomic E-state index is 12.8. The van der Waals surface area contributed by atoms with Crippen LogP contribution < -0.4 is 5.32 Å². The van der Waals surface area contributed by atoms with Crippen molar-refractivity contribution in [3.63, 3.8) is 0 Å². The molecule has 2 amide bonds. The maximum Gasteiger partial charge on any atom is 0.229 e. The fraction of sp³-hybridized carbons (Fsp3) is 0.333. The van der Waals surface area contributed by atoms with E-state index in [1.54, 1.807) is 4.90 Å². The first kappa shape index (κ1) is 19.5. The van der Waals surface area contributed by atoms with Gasteiger partial charge in [0.2, 0.25) is 11.8 Å². The Hall–Kier alpha value is -3.48. The fourth-order valence-electron chi connectivity index (χ4n) is 3.94. The smallest absolute Gasteiger partial charge is 0.229 e. The van der Waals surface area contributed by atoms with Gasteiger partial charge in [-0.15, -0.1) is 0 Å². The molecule has 7 heteroatoms. The molecule has 0 radical (unpaired) electrons. The van der Waals surface area contributed by atoms with Crippen LogP contribution in [0, 0.1) is 12.8 Å². The molecule has 2 N–H and O–H groups in total. The number of carbonyl (C=O) groups is 2. The summed E-state index contributed by atoms with van der Waals surface area (Å²) in [6.45, 7) is 3.00. The van der Waals surface area contributed by atoms with Gasteiger partial charge in [0.25, 0.3) is 0 Å². The summed E-state index contributed by atoms with van der Waals surface area (Å²) in [6, 6.07) is 15.6. The average molecular weight is 415 g/mol. The van der Waals surface area contributed by atoms with Crippen LogP contribution in [-0.2, 0) is 16.1 Å². The number of hydrogen-bond acceptors (Lipinski definition) is 4. The Morgan fingerprint density at radius 1 is 1.19 bits per heavy atom. The molecular weight excluding hydrogens is 390 g/mol. The largest absolute Gasteiger partial charge is 0.338 e. The molecule has 0 bridgehead atoms. The van der Waals surface area contributed by atoms with E-state index >= 15 is 0 Å². The summed E-state index contributed by atoms with van der Waals surface area (Å²) in [5.41, 5.74) is 3.80. The van der Waals surface area contributed by atoms with Crippen LogP contribution in [0.1, 0.15) is 42.1 Å². The summed E-state index contributed by atoms with van der Waals surface area (Å²) in [5.74, 6) is 1.60. The molecule has 1 saturated heterocycles. The van der Waals surface area contributed by atoms with Gasteiger partial charge in [0.05, 0.1) is 5.92 Å². The number of aromatic amines is 1. The van der Waals surface area contributed by atoms with Gasteiger partial charge in [0.1, 0.15) is 5.82 Å². The summed E-state index contributed by atoms with van der Waals surface area (Å²) in [6.07, 6.45) is 2.56. The lowest BCUT2D eigenvalue weighted by molar-refractivity contribution is -0.128. The molecule has 1 atom stereocenters. The van der Waals surface area contributed by atoms with Gasteiger partial charge in [-0.25, -0.2) is 4.98 Å². The van der Waals surface area contributed by atoms with Crippen LogP contribution in [0.4, 0.5) is 5.69 Å². The van der Waals surface area contributed by atoms with E-state index in [0.717, 1.165) is 29.8 Å². The first-order chi connectivity index (χ1) is 15.0. The molecule has 1 saturated carbocycles. The molecule has 1 unspecified atom stereocenters. The van der Waals surface area contributed by atoms with Crippen LogP contribution in [0.5, 0.6) is 0 Å².